The van der Waals surface area contributed by atoms with E-state index in [0.717, 1.165) is 19.1 Å². The summed E-state index contributed by atoms with van der Waals surface area (Å²) in [6, 6.07) is 3.61. The molecule has 1 aromatic rings. The lowest BCUT2D eigenvalue weighted by Crippen LogP contribution is -2.34. The fourth-order valence-electron chi connectivity index (χ4n) is 2.39. The van der Waals surface area contributed by atoms with Gasteiger partial charge in [0.15, 0.2) is 9.84 Å². The van der Waals surface area contributed by atoms with E-state index in [9.17, 15) is 18.3 Å². The molecule has 1 fully saturated rings. The number of hydrogen-bond donors (Lipinski definition) is 3. The Morgan fingerprint density at radius 2 is 2.10 bits per heavy atom. The first kappa shape index (κ1) is 14.8. The zero-order valence-electron chi connectivity index (χ0n) is 11.2. The second-order valence-electron chi connectivity index (χ2n) is 5.14. The summed E-state index contributed by atoms with van der Waals surface area (Å²) >= 11 is 0. The average Bonchev–Trinajstić information content (AvgIpc) is 2.77. The molecule has 2 unspecified atom stereocenters. The first-order valence-electron chi connectivity index (χ1n) is 6.38. The van der Waals surface area contributed by atoms with Crippen molar-refractivity contribution >= 4 is 21.4 Å². The third kappa shape index (κ3) is 3.10. The van der Waals surface area contributed by atoms with Crippen molar-refractivity contribution in [2.75, 3.05) is 11.6 Å². The van der Waals surface area contributed by atoms with E-state index in [1.807, 2.05) is 0 Å². The molecule has 0 saturated heterocycles. The highest BCUT2D eigenvalue weighted by molar-refractivity contribution is 7.90. The Hall–Kier alpha value is -1.60. The molecule has 0 aromatic heterocycles. The third-order valence-corrected chi connectivity index (χ3v) is 4.67. The lowest BCUT2D eigenvalue weighted by Gasteiger charge is -2.16. The second-order valence-corrected chi connectivity index (χ2v) is 7.16. The number of nitrogens with two attached hydrogens (primary N) is 1. The van der Waals surface area contributed by atoms with Crippen molar-refractivity contribution in [3.05, 3.63) is 18.2 Å². The normalized spacial score (nSPS) is 22.7. The Labute approximate surface area is 117 Å². The van der Waals surface area contributed by atoms with Gasteiger partial charge in [0.25, 0.3) is 0 Å². The molecule has 1 aliphatic rings. The van der Waals surface area contributed by atoms with Gasteiger partial charge < -0.3 is 16.2 Å². The molecular formula is C13H18N2O4S. The summed E-state index contributed by atoms with van der Waals surface area (Å²) in [6.07, 6.45) is 3.47. The first-order chi connectivity index (χ1) is 9.29. The number of rotatable bonds is 3. The predicted octanol–water partition coefficient (Wildman–Crippen LogP) is 0.862. The third-order valence-electron chi connectivity index (χ3n) is 3.56. The van der Waals surface area contributed by atoms with Gasteiger partial charge in [-0.15, -0.1) is 0 Å². The average molecular weight is 298 g/mol. The minimum absolute atomic E-state index is 0.0429. The van der Waals surface area contributed by atoms with Gasteiger partial charge in [-0.2, -0.15) is 0 Å². The van der Waals surface area contributed by atoms with Crippen LogP contribution in [0.1, 0.15) is 19.3 Å². The first-order valence-corrected chi connectivity index (χ1v) is 8.27. The second kappa shape index (κ2) is 5.41. The van der Waals surface area contributed by atoms with Crippen LogP contribution in [0.2, 0.25) is 0 Å². The van der Waals surface area contributed by atoms with Crippen LogP contribution in [0.4, 0.5) is 5.69 Å². The maximum Gasteiger partial charge on any atom is 0.229 e. The van der Waals surface area contributed by atoms with E-state index in [4.69, 9.17) is 5.73 Å². The molecule has 1 aliphatic carbocycles. The summed E-state index contributed by atoms with van der Waals surface area (Å²) in [5.41, 5.74) is 5.95. The summed E-state index contributed by atoms with van der Waals surface area (Å²) in [5.74, 6) is -0.746. The van der Waals surface area contributed by atoms with Crippen LogP contribution in [0.5, 0.6) is 5.75 Å². The summed E-state index contributed by atoms with van der Waals surface area (Å²) in [5, 5.41) is 12.3. The van der Waals surface area contributed by atoms with Gasteiger partial charge in [0.05, 0.1) is 16.5 Å². The van der Waals surface area contributed by atoms with Crippen LogP contribution in [0.15, 0.2) is 23.1 Å². The molecule has 0 spiro atoms. The van der Waals surface area contributed by atoms with Crippen molar-refractivity contribution in [2.24, 2.45) is 11.7 Å². The van der Waals surface area contributed by atoms with Gasteiger partial charge in [-0.05, 0) is 31.0 Å². The van der Waals surface area contributed by atoms with Crippen molar-refractivity contribution in [1.82, 2.24) is 0 Å². The quantitative estimate of drug-likeness (QED) is 0.717. The maximum absolute atomic E-state index is 12.1. The lowest BCUT2D eigenvalue weighted by atomic mass is 10.0. The Morgan fingerprint density at radius 3 is 2.65 bits per heavy atom. The highest BCUT2D eigenvalue weighted by Crippen LogP contribution is 2.29. The Morgan fingerprint density at radius 1 is 1.40 bits per heavy atom. The van der Waals surface area contributed by atoms with E-state index in [2.05, 4.69) is 5.32 Å². The van der Waals surface area contributed by atoms with Crippen molar-refractivity contribution in [1.29, 1.82) is 0 Å². The van der Waals surface area contributed by atoms with Crippen LogP contribution in [-0.2, 0) is 14.6 Å². The number of benzene rings is 1. The molecule has 7 heteroatoms. The fourth-order valence-corrected chi connectivity index (χ4v) is 3.03. The molecule has 6 nitrogen and oxygen atoms in total. The van der Waals surface area contributed by atoms with Crippen molar-refractivity contribution < 1.29 is 18.3 Å². The number of aromatic hydroxyl groups is 1. The van der Waals surface area contributed by atoms with E-state index in [-0.39, 0.29) is 34.2 Å². The minimum atomic E-state index is -3.39. The zero-order valence-corrected chi connectivity index (χ0v) is 12.0. The topological polar surface area (TPSA) is 109 Å². The number of hydrogen-bond acceptors (Lipinski definition) is 5. The van der Waals surface area contributed by atoms with Gasteiger partial charge in [-0.25, -0.2) is 8.42 Å². The van der Waals surface area contributed by atoms with E-state index in [0.29, 0.717) is 6.42 Å². The number of phenols is 1. The van der Waals surface area contributed by atoms with Gasteiger partial charge in [0, 0.05) is 12.3 Å². The molecule has 4 N–H and O–H groups in total. The smallest absolute Gasteiger partial charge is 0.229 e. The van der Waals surface area contributed by atoms with Crippen LogP contribution in [0, 0.1) is 5.92 Å². The molecule has 2 atom stereocenters. The summed E-state index contributed by atoms with van der Waals surface area (Å²) in [6.45, 7) is 0. The molecule has 0 aliphatic heterocycles. The molecular weight excluding hydrogens is 280 g/mol. The van der Waals surface area contributed by atoms with E-state index < -0.39 is 9.84 Å². The number of phenolic OH excluding ortho intramolecular Hbond substituents is 1. The number of carbonyl (C=O) groups excluding carboxylic acids is 1. The number of amides is 1. The molecule has 1 amide bonds. The number of anilines is 1. The molecule has 1 aromatic carbocycles. The van der Waals surface area contributed by atoms with Crippen LogP contribution < -0.4 is 11.1 Å². The number of sulfone groups is 1. The van der Waals surface area contributed by atoms with Gasteiger partial charge in [0.1, 0.15) is 5.75 Å². The highest BCUT2D eigenvalue weighted by Gasteiger charge is 2.30. The molecule has 1 saturated carbocycles. The van der Waals surface area contributed by atoms with Crippen molar-refractivity contribution in [3.63, 3.8) is 0 Å². The maximum atomic E-state index is 12.1. The Balaban J connectivity index is 2.22. The largest absolute Gasteiger partial charge is 0.506 e. The molecule has 0 radical (unpaired) electrons. The Bertz CT molecular complexity index is 627. The summed E-state index contributed by atoms with van der Waals surface area (Å²) < 4.78 is 23.0. The predicted molar refractivity (Wildman–Crippen MR) is 75.2 cm³/mol. The van der Waals surface area contributed by atoms with Gasteiger partial charge in [0.2, 0.25) is 5.91 Å². The number of nitrogens with one attached hydrogen (secondary N) is 1. The zero-order chi connectivity index (χ0) is 14.9. The van der Waals surface area contributed by atoms with Crippen LogP contribution in [0.3, 0.4) is 0 Å². The van der Waals surface area contributed by atoms with E-state index >= 15 is 0 Å². The lowest BCUT2D eigenvalue weighted by molar-refractivity contribution is -0.120. The summed E-state index contributed by atoms with van der Waals surface area (Å²) in [7, 11) is -3.39. The fraction of sp³-hybridized carbons (Fsp3) is 0.462. The van der Waals surface area contributed by atoms with Crippen LogP contribution in [-0.4, -0.2) is 31.7 Å². The molecule has 20 heavy (non-hydrogen) atoms. The minimum Gasteiger partial charge on any atom is -0.506 e. The SMILES string of the molecule is CS(=O)(=O)c1ccc(O)c(NC(=O)C2CCCC2N)c1. The van der Waals surface area contributed by atoms with E-state index in [1.165, 1.54) is 18.2 Å². The molecule has 2 rings (SSSR count). The van der Waals surface area contributed by atoms with Gasteiger partial charge >= 0.3 is 0 Å². The standard InChI is InChI=1S/C13H18N2O4S/c1-20(18,19)8-5-6-12(16)11(7-8)15-13(17)9-3-2-4-10(9)14/h5-7,9-10,16H,2-4,14H2,1H3,(H,15,17). The van der Waals surface area contributed by atoms with Crippen molar-refractivity contribution in [3.8, 4) is 5.75 Å². The van der Waals surface area contributed by atoms with Gasteiger partial charge in [-0.3, -0.25) is 4.79 Å². The van der Waals surface area contributed by atoms with Gasteiger partial charge in [-0.1, -0.05) is 6.42 Å². The highest BCUT2D eigenvalue weighted by atomic mass is 32.2. The van der Waals surface area contributed by atoms with Crippen LogP contribution in [0.25, 0.3) is 0 Å². The monoisotopic (exact) mass is 298 g/mol. The van der Waals surface area contributed by atoms with Crippen molar-refractivity contribution in [2.45, 2.75) is 30.2 Å². The van der Waals surface area contributed by atoms with Crippen LogP contribution >= 0.6 is 0 Å². The van der Waals surface area contributed by atoms with E-state index in [1.54, 1.807) is 0 Å². The molecule has 0 bridgehead atoms. The molecule has 110 valence electrons. The number of carbonyl (C=O) groups is 1. The molecule has 0 heterocycles. The summed E-state index contributed by atoms with van der Waals surface area (Å²) in [4.78, 5) is 12.1. The Kier molecular flexibility index (Phi) is 4.01.